The maximum absolute atomic E-state index is 5.98. The van der Waals surface area contributed by atoms with Crippen molar-refractivity contribution < 1.29 is 0 Å². The molecule has 0 aliphatic carbocycles. The summed E-state index contributed by atoms with van der Waals surface area (Å²) in [5.74, 6) is 0. The van der Waals surface area contributed by atoms with Crippen LogP contribution in [0.5, 0.6) is 0 Å². The van der Waals surface area contributed by atoms with E-state index < -0.39 is 0 Å². The molecule has 0 aliphatic rings. The summed E-state index contributed by atoms with van der Waals surface area (Å²) < 4.78 is 0. The number of nitrogens with two attached hydrogens (primary N) is 1. The van der Waals surface area contributed by atoms with Gasteiger partial charge in [0.15, 0.2) is 0 Å². The first-order valence-corrected chi connectivity index (χ1v) is 7.23. The van der Waals surface area contributed by atoms with Gasteiger partial charge >= 0.3 is 0 Å². The van der Waals surface area contributed by atoms with Crippen molar-refractivity contribution in [1.29, 1.82) is 0 Å². The number of aromatic nitrogens is 1. The second-order valence-corrected chi connectivity index (χ2v) is 6.22. The lowest BCUT2D eigenvalue weighted by molar-refractivity contribution is 1.42. The van der Waals surface area contributed by atoms with Gasteiger partial charge in [-0.25, -0.2) is 4.98 Å². The Balaban J connectivity index is 2.82. The lowest BCUT2D eigenvalue weighted by Gasteiger charge is -2.13. The third-order valence-corrected chi connectivity index (χ3v) is 3.89. The molecule has 1 aromatic heterocycles. The number of fused-ring (bicyclic) bond motifs is 1. The second kappa shape index (κ2) is 3.96. The van der Waals surface area contributed by atoms with Gasteiger partial charge in [0.05, 0.1) is 5.52 Å². The van der Waals surface area contributed by atoms with Crippen molar-refractivity contribution in [1.82, 2.24) is 4.98 Å². The van der Waals surface area contributed by atoms with Gasteiger partial charge in [-0.2, -0.15) is 0 Å². The molecule has 0 saturated heterocycles. The van der Waals surface area contributed by atoms with Crippen LogP contribution in [0.1, 0.15) is 0 Å². The molecule has 4 heteroatoms. The molecule has 2 nitrogen and oxygen atoms in total. The van der Waals surface area contributed by atoms with Crippen LogP contribution in [-0.4, -0.2) is 18.3 Å². The number of rotatable bonds is 1. The molecule has 0 bridgehead atoms. The van der Waals surface area contributed by atoms with Crippen molar-refractivity contribution >= 4 is 41.4 Å². The summed E-state index contributed by atoms with van der Waals surface area (Å²) in [6.07, 6.45) is 0. The second-order valence-electron chi connectivity index (χ2n) is 3.60. The molecule has 2 N–H and O–H groups in total. The van der Waals surface area contributed by atoms with Crippen LogP contribution in [0.4, 0.5) is 5.69 Å². The van der Waals surface area contributed by atoms with E-state index in [1.54, 1.807) is 0 Å². The molecule has 0 radical (unpaired) electrons. The van der Waals surface area contributed by atoms with Crippen LogP contribution in [0.2, 0.25) is 5.15 Å². The predicted octanol–water partition coefficient (Wildman–Crippen LogP) is 2.84. The Morgan fingerprint density at radius 2 is 1.93 bits per heavy atom. The van der Waals surface area contributed by atoms with Crippen molar-refractivity contribution in [3.63, 3.8) is 0 Å². The molecule has 15 heavy (non-hydrogen) atoms. The lowest BCUT2D eigenvalue weighted by Crippen LogP contribution is -2.08. The number of hydrogen-bond donors (Lipinski definition) is 1. The normalized spacial score (nSPS) is 11.2. The topological polar surface area (TPSA) is 38.9 Å². The highest BCUT2D eigenvalue weighted by atomic mass is 35.5. The summed E-state index contributed by atoms with van der Waals surface area (Å²) in [7, 11) is -0.234. The van der Waals surface area contributed by atoms with E-state index in [0.717, 1.165) is 16.6 Å². The van der Waals surface area contributed by atoms with Crippen LogP contribution >= 0.6 is 19.5 Å². The molecule has 0 spiro atoms. The fourth-order valence-electron chi connectivity index (χ4n) is 1.68. The Morgan fingerprint density at radius 1 is 1.20 bits per heavy atom. The van der Waals surface area contributed by atoms with Crippen LogP contribution in [0.3, 0.4) is 0 Å². The number of benzene rings is 1. The largest absolute Gasteiger partial charge is 0.398 e. The first-order chi connectivity index (χ1) is 7.09. The number of nitrogen functional groups attached to an aromatic ring is 1. The molecule has 1 aromatic carbocycles. The molecule has 0 atom stereocenters. The molecular formula is C11H12ClN2P. The molecule has 2 aromatic rings. The van der Waals surface area contributed by atoms with Crippen LogP contribution in [0, 0.1) is 0 Å². The molecule has 0 unspecified atom stereocenters. The molecular weight excluding hydrogens is 227 g/mol. The first-order valence-electron chi connectivity index (χ1n) is 4.61. The third-order valence-electron chi connectivity index (χ3n) is 2.29. The van der Waals surface area contributed by atoms with Crippen molar-refractivity contribution in [3.05, 3.63) is 29.4 Å². The first kappa shape index (κ1) is 10.7. The Morgan fingerprint density at radius 3 is 2.60 bits per heavy atom. The average molecular weight is 239 g/mol. The van der Waals surface area contributed by atoms with E-state index in [4.69, 9.17) is 17.3 Å². The highest BCUT2D eigenvalue weighted by molar-refractivity contribution is 7.65. The fourth-order valence-corrected chi connectivity index (χ4v) is 3.10. The number of hydrogen-bond acceptors (Lipinski definition) is 2. The summed E-state index contributed by atoms with van der Waals surface area (Å²) in [5.41, 5.74) is 7.75. The van der Waals surface area contributed by atoms with Gasteiger partial charge in [-0.05, 0) is 37.6 Å². The molecule has 2 rings (SSSR count). The minimum Gasteiger partial charge on any atom is -0.398 e. The Labute approximate surface area is 95.2 Å². The molecule has 0 fully saturated rings. The third kappa shape index (κ3) is 1.92. The standard InChI is InChI=1S/C11H12ClN2P/c1-15(2)11-7-3-6-10(12)14-9(7)5-4-8(11)13/h3-6H,13H2,1-2H3. The zero-order valence-electron chi connectivity index (χ0n) is 8.66. The Kier molecular flexibility index (Phi) is 2.81. The zero-order valence-corrected chi connectivity index (χ0v) is 10.3. The highest BCUT2D eigenvalue weighted by Gasteiger charge is 2.09. The summed E-state index contributed by atoms with van der Waals surface area (Å²) in [6.45, 7) is 4.38. The summed E-state index contributed by atoms with van der Waals surface area (Å²) in [4.78, 5) is 4.28. The maximum Gasteiger partial charge on any atom is 0.129 e. The molecule has 0 aliphatic heterocycles. The van der Waals surface area contributed by atoms with Gasteiger partial charge in [0.25, 0.3) is 0 Å². The van der Waals surface area contributed by atoms with E-state index >= 15 is 0 Å². The summed E-state index contributed by atoms with van der Waals surface area (Å²) in [5, 5.41) is 2.86. The van der Waals surface area contributed by atoms with Gasteiger partial charge in [-0.15, -0.1) is 0 Å². The fraction of sp³-hybridized carbons (Fsp3) is 0.182. The van der Waals surface area contributed by atoms with E-state index in [-0.39, 0.29) is 7.92 Å². The number of anilines is 1. The maximum atomic E-state index is 5.98. The van der Waals surface area contributed by atoms with E-state index in [1.165, 1.54) is 5.30 Å². The molecule has 1 heterocycles. The summed E-state index contributed by atoms with van der Waals surface area (Å²) in [6, 6.07) is 7.63. The average Bonchev–Trinajstić information content (AvgIpc) is 2.17. The molecule has 0 saturated carbocycles. The van der Waals surface area contributed by atoms with E-state index in [1.807, 2.05) is 24.3 Å². The number of nitrogens with zero attached hydrogens (tertiary/aromatic N) is 1. The van der Waals surface area contributed by atoms with E-state index in [0.29, 0.717) is 5.15 Å². The minimum absolute atomic E-state index is 0.234. The van der Waals surface area contributed by atoms with Gasteiger partial charge < -0.3 is 5.73 Å². The SMILES string of the molecule is CP(C)c1c(N)ccc2nc(Cl)ccc12. The zero-order chi connectivity index (χ0) is 11.0. The quantitative estimate of drug-likeness (QED) is 0.471. The van der Waals surface area contributed by atoms with Gasteiger partial charge in [0, 0.05) is 16.4 Å². The van der Waals surface area contributed by atoms with Gasteiger partial charge in [-0.1, -0.05) is 19.5 Å². The smallest absolute Gasteiger partial charge is 0.129 e. The van der Waals surface area contributed by atoms with Crippen LogP contribution in [-0.2, 0) is 0 Å². The molecule has 0 amide bonds. The van der Waals surface area contributed by atoms with E-state index in [9.17, 15) is 0 Å². The van der Waals surface area contributed by atoms with Gasteiger partial charge in [-0.3, -0.25) is 0 Å². The van der Waals surface area contributed by atoms with Crippen molar-refractivity contribution in [3.8, 4) is 0 Å². The number of pyridine rings is 1. The summed E-state index contributed by atoms with van der Waals surface area (Å²) >= 11 is 5.85. The van der Waals surface area contributed by atoms with Crippen LogP contribution in [0.25, 0.3) is 10.9 Å². The Bertz CT molecular complexity index is 511. The minimum atomic E-state index is -0.234. The molecule has 78 valence electrons. The Hall–Kier alpha value is -0.850. The lowest BCUT2D eigenvalue weighted by atomic mass is 10.2. The predicted molar refractivity (Wildman–Crippen MR) is 69.6 cm³/mol. The van der Waals surface area contributed by atoms with Crippen LogP contribution < -0.4 is 11.0 Å². The van der Waals surface area contributed by atoms with Crippen LogP contribution in [0.15, 0.2) is 24.3 Å². The van der Waals surface area contributed by atoms with E-state index in [2.05, 4.69) is 18.3 Å². The van der Waals surface area contributed by atoms with Crippen molar-refractivity contribution in [2.45, 2.75) is 0 Å². The number of halogens is 1. The highest BCUT2D eigenvalue weighted by Crippen LogP contribution is 2.31. The van der Waals surface area contributed by atoms with Gasteiger partial charge in [0.2, 0.25) is 0 Å². The van der Waals surface area contributed by atoms with Gasteiger partial charge in [0.1, 0.15) is 5.15 Å². The van der Waals surface area contributed by atoms with Crippen molar-refractivity contribution in [2.75, 3.05) is 19.1 Å². The van der Waals surface area contributed by atoms with Crippen molar-refractivity contribution in [2.24, 2.45) is 0 Å². The monoisotopic (exact) mass is 238 g/mol.